The predicted molar refractivity (Wildman–Crippen MR) is 79.0 cm³/mol. The number of hydrogen-bond donors (Lipinski definition) is 1. The van der Waals surface area contributed by atoms with E-state index in [1.807, 2.05) is 17.5 Å². The highest BCUT2D eigenvalue weighted by molar-refractivity contribution is 7.89. The summed E-state index contributed by atoms with van der Waals surface area (Å²) in [4.78, 5) is 1.34. The lowest BCUT2D eigenvalue weighted by Crippen LogP contribution is -2.26. The Kier molecular flexibility index (Phi) is 4.24. The van der Waals surface area contributed by atoms with Crippen molar-refractivity contribution in [2.45, 2.75) is 11.4 Å². The van der Waals surface area contributed by atoms with Gasteiger partial charge < -0.3 is 5.32 Å². The minimum absolute atomic E-state index is 0.311. The molecule has 0 fully saturated rings. The van der Waals surface area contributed by atoms with Crippen molar-refractivity contribution >= 4 is 27.0 Å². The standard InChI is InChI=1S/C13H16N2O2S2/c1-14-11-5-7-13(8-6-11)19(16,17)15(2)10-12-4-3-9-18-12/h3-9,14H,10H2,1-2H3. The van der Waals surface area contributed by atoms with Crippen molar-refractivity contribution in [1.82, 2.24) is 4.31 Å². The fourth-order valence-electron chi connectivity index (χ4n) is 1.68. The van der Waals surface area contributed by atoms with Crippen molar-refractivity contribution in [3.05, 3.63) is 46.7 Å². The molecule has 0 spiro atoms. The summed E-state index contributed by atoms with van der Waals surface area (Å²) >= 11 is 1.55. The molecule has 0 amide bonds. The molecule has 0 saturated heterocycles. The van der Waals surface area contributed by atoms with E-state index in [-0.39, 0.29) is 0 Å². The fourth-order valence-corrected chi connectivity index (χ4v) is 3.67. The molecule has 1 aromatic heterocycles. The summed E-state index contributed by atoms with van der Waals surface area (Å²) in [5, 5.41) is 4.91. The van der Waals surface area contributed by atoms with Crippen LogP contribution >= 0.6 is 11.3 Å². The van der Waals surface area contributed by atoms with Crippen molar-refractivity contribution in [3.8, 4) is 0 Å². The molecule has 0 radical (unpaired) electrons. The first-order chi connectivity index (χ1) is 9.04. The van der Waals surface area contributed by atoms with Crippen LogP contribution in [0.5, 0.6) is 0 Å². The number of benzene rings is 1. The normalized spacial score (nSPS) is 11.7. The average Bonchev–Trinajstić information content (AvgIpc) is 2.91. The topological polar surface area (TPSA) is 49.4 Å². The number of nitrogens with one attached hydrogen (secondary N) is 1. The van der Waals surface area contributed by atoms with Gasteiger partial charge in [0, 0.05) is 31.2 Å². The van der Waals surface area contributed by atoms with Gasteiger partial charge in [0.1, 0.15) is 0 Å². The highest BCUT2D eigenvalue weighted by Gasteiger charge is 2.20. The van der Waals surface area contributed by atoms with E-state index in [2.05, 4.69) is 5.32 Å². The van der Waals surface area contributed by atoms with Crippen molar-refractivity contribution in [2.75, 3.05) is 19.4 Å². The van der Waals surface area contributed by atoms with Gasteiger partial charge in [-0.1, -0.05) is 6.07 Å². The Morgan fingerprint density at radius 3 is 2.42 bits per heavy atom. The van der Waals surface area contributed by atoms with Crippen LogP contribution < -0.4 is 5.32 Å². The molecule has 0 aliphatic carbocycles. The number of rotatable bonds is 5. The van der Waals surface area contributed by atoms with Crippen LogP contribution in [0.3, 0.4) is 0 Å². The Morgan fingerprint density at radius 1 is 1.21 bits per heavy atom. The number of nitrogens with zero attached hydrogens (tertiary/aromatic N) is 1. The Bertz CT molecular complexity index is 619. The monoisotopic (exact) mass is 296 g/mol. The molecule has 1 N–H and O–H groups in total. The van der Waals surface area contributed by atoms with Gasteiger partial charge in [-0.15, -0.1) is 11.3 Å². The number of thiophene rings is 1. The molecule has 2 aromatic rings. The summed E-state index contributed by atoms with van der Waals surface area (Å²) < 4.78 is 26.1. The Morgan fingerprint density at radius 2 is 1.89 bits per heavy atom. The van der Waals surface area contributed by atoms with Crippen molar-refractivity contribution in [1.29, 1.82) is 0 Å². The summed E-state index contributed by atoms with van der Waals surface area (Å²) in [6, 6.07) is 10.6. The lowest BCUT2D eigenvalue weighted by Gasteiger charge is -2.16. The second-order valence-corrected chi connectivity index (χ2v) is 7.19. The zero-order valence-electron chi connectivity index (χ0n) is 10.8. The van der Waals surface area contributed by atoms with Crippen LogP contribution in [0.25, 0.3) is 0 Å². The predicted octanol–water partition coefficient (Wildman–Crippen LogP) is 2.61. The van der Waals surface area contributed by atoms with Gasteiger partial charge in [0.15, 0.2) is 0 Å². The third-order valence-electron chi connectivity index (χ3n) is 2.81. The van der Waals surface area contributed by atoms with Crippen molar-refractivity contribution in [3.63, 3.8) is 0 Å². The van der Waals surface area contributed by atoms with Gasteiger partial charge in [-0.2, -0.15) is 4.31 Å². The molecular formula is C13H16N2O2S2. The Labute approximate surface area is 117 Å². The molecule has 0 saturated carbocycles. The number of anilines is 1. The highest BCUT2D eigenvalue weighted by atomic mass is 32.2. The molecule has 0 unspecified atom stereocenters. The SMILES string of the molecule is CNc1ccc(S(=O)(=O)N(C)Cc2cccs2)cc1. The van der Waals surface area contributed by atoms with Crippen LogP contribution in [-0.2, 0) is 16.6 Å². The van der Waals surface area contributed by atoms with E-state index in [0.29, 0.717) is 11.4 Å². The first-order valence-electron chi connectivity index (χ1n) is 5.80. The van der Waals surface area contributed by atoms with Gasteiger partial charge in [0.25, 0.3) is 0 Å². The lowest BCUT2D eigenvalue weighted by atomic mass is 10.3. The summed E-state index contributed by atoms with van der Waals surface area (Å²) in [6.07, 6.45) is 0. The smallest absolute Gasteiger partial charge is 0.243 e. The minimum atomic E-state index is -3.43. The van der Waals surface area contributed by atoms with Crippen molar-refractivity contribution < 1.29 is 8.42 Å². The molecule has 1 aromatic carbocycles. The van der Waals surface area contributed by atoms with Crippen LogP contribution in [0.1, 0.15) is 4.88 Å². The molecule has 2 rings (SSSR count). The molecule has 1 heterocycles. The molecule has 102 valence electrons. The molecule has 19 heavy (non-hydrogen) atoms. The maximum atomic E-state index is 12.4. The van der Waals surface area contributed by atoms with Gasteiger partial charge >= 0.3 is 0 Å². The third-order valence-corrected chi connectivity index (χ3v) is 5.49. The lowest BCUT2D eigenvalue weighted by molar-refractivity contribution is 0.469. The van der Waals surface area contributed by atoms with Gasteiger partial charge in [-0.25, -0.2) is 8.42 Å². The first kappa shape index (κ1) is 14.0. The summed E-state index contributed by atoms with van der Waals surface area (Å²) in [7, 11) is -0.0315. The molecule has 0 aliphatic rings. The molecule has 0 aliphatic heterocycles. The molecule has 0 atom stereocenters. The third kappa shape index (κ3) is 3.15. The Hall–Kier alpha value is -1.37. The van der Waals surface area contributed by atoms with Crippen LogP contribution in [0, 0.1) is 0 Å². The highest BCUT2D eigenvalue weighted by Crippen LogP contribution is 2.20. The summed E-state index contributed by atoms with van der Waals surface area (Å²) in [6.45, 7) is 0.397. The molecular weight excluding hydrogens is 280 g/mol. The minimum Gasteiger partial charge on any atom is -0.388 e. The van der Waals surface area contributed by atoms with E-state index in [4.69, 9.17) is 0 Å². The summed E-state index contributed by atoms with van der Waals surface area (Å²) in [5.41, 5.74) is 0.889. The largest absolute Gasteiger partial charge is 0.388 e. The molecule has 4 nitrogen and oxygen atoms in total. The summed E-state index contributed by atoms with van der Waals surface area (Å²) in [5.74, 6) is 0. The zero-order chi connectivity index (χ0) is 13.9. The van der Waals surface area contributed by atoms with Gasteiger partial charge in [0.2, 0.25) is 10.0 Å². The van der Waals surface area contributed by atoms with Crippen molar-refractivity contribution in [2.24, 2.45) is 0 Å². The van der Waals surface area contributed by atoms with Gasteiger partial charge in [-0.3, -0.25) is 0 Å². The maximum Gasteiger partial charge on any atom is 0.243 e. The number of sulfonamides is 1. The quantitative estimate of drug-likeness (QED) is 0.922. The zero-order valence-corrected chi connectivity index (χ0v) is 12.5. The first-order valence-corrected chi connectivity index (χ1v) is 8.12. The maximum absolute atomic E-state index is 12.4. The fraction of sp³-hybridized carbons (Fsp3) is 0.231. The van der Waals surface area contributed by atoms with Crippen LogP contribution in [0.2, 0.25) is 0 Å². The van der Waals surface area contributed by atoms with Crippen LogP contribution in [-0.4, -0.2) is 26.8 Å². The van der Waals surface area contributed by atoms with Crippen LogP contribution in [0.15, 0.2) is 46.7 Å². The van der Waals surface area contributed by atoms with E-state index in [9.17, 15) is 8.42 Å². The number of hydrogen-bond acceptors (Lipinski definition) is 4. The molecule has 0 bridgehead atoms. The second kappa shape index (κ2) is 5.73. The van der Waals surface area contributed by atoms with E-state index < -0.39 is 10.0 Å². The van der Waals surface area contributed by atoms with E-state index in [1.165, 1.54) is 4.31 Å². The van der Waals surface area contributed by atoms with E-state index in [1.54, 1.807) is 49.7 Å². The van der Waals surface area contributed by atoms with E-state index in [0.717, 1.165) is 10.6 Å². The Balaban J connectivity index is 2.20. The average molecular weight is 296 g/mol. The van der Waals surface area contributed by atoms with Gasteiger partial charge in [-0.05, 0) is 35.7 Å². The van der Waals surface area contributed by atoms with Gasteiger partial charge in [0.05, 0.1) is 4.90 Å². The second-order valence-electron chi connectivity index (χ2n) is 4.11. The van der Waals surface area contributed by atoms with Crippen LogP contribution in [0.4, 0.5) is 5.69 Å². The van der Waals surface area contributed by atoms with E-state index >= 15 is 0 Å². The molecule has 6 heteroatoms.